The number of aryl methyl sites for hydroxylation is 1. The number of fused-ring (bicyclic) bond motifs is 1. The first-order valence-corrected chi connectivity index (χ1v) is 6.79. The van der Waals surface area contributed by atoms with Gasteiger partial charge < -0.3 is 5.32 Å². The van der Waals surface area contributed by atoms with Crippen LogP contribution in [0.25, 0.3) is 0 Å². The Morgan fingerprint density at radius 3 is 3.18 bits per heavy atom. The van der Waals surface area contributed by atoms with Crippen LogP contribution in [0.2, 0.25) is 0 Å². The second-order valence-corrected chi connectivity index (χ2v) is 5.29. The Morgan fingerprint density at radius 2 is 2.35 bits per heavy atom. The van der Waals surface area contributed by atoms with Gasteiger partial charge in [0.05, 0.1) is 0 Å². The normalized spacial score (nSPS) is 28.8. The Bertz CT molecular complexity index is 373. The lowest BCUT2D eigenvalue weighted by Crippen LogP contribution is -2.40. The maximum absolute atomic E-state index is 4.20. The topological polar surface area (TPSA) is 33.1 Å². The first-order chi connectivity index (χ1) is 8.34. The first-order valence-electron chi connectivity index (χ1n) is 6.79. The van der Waals surface area contributed by atoms with Crippen molar-refractivity contribution in [2.75, 3.05) is 19.6 Å². The van der Waals surface area contributed by atoms with Gasteiger partial charge >= 0.3 is 0 Å². The molecule has 3 heterocycles. The smallest absolute Gasteiger partial charge is 0.0492 e. The van der Waals surface area contributed by atoms with E-state index in [2.05, 4.69) is 21.4 Å². The third-order valence-electron chi connectivity index (χ3n) is 4.32. The van der Waals surface area contributed by atoms with Gasteiger partial charge in [0.25, 0.3) is 0 Å². The fourth-order valence-electron chi connectivity index (χ4n) is 3.35. The fraction of sp³-hybridized carbons (Fsp3) is 0.769. The molecule has 2 aliphatic rings. The molecule has 3 rings (SSSR count). The largest absolute Gasteiger partial charge is 0.312 e. The van der Waals surface area contributed by atoms with E-state index < -0.39 is 0 Å². The Kier molecular flexibility index (Phi) is 3.16. The van der Waals surface area contributed by atoms with E-state index in [-0.39, 0.29) is 0 Å². The molecule has 0 aliphatic carbocycles. The van der Waals surface area contributed by atoms with Crippen molar-refractivity contribution in [2.24, 2.45) is 7.05 Å². The average Bonchev–Trinajstić information content (AvgIpc) is 2.98. The third-order valence-corrected chi connectivity index (χ3v) is 4.32. The summed E-state index contributed by atoms with van der Waals surface area (Å²) in [5, 5.41) is 7.94. The Hall–Kier alpha value is -0.870. The number of nitrogens with one attached hydrogen (secondary N) is 1. The van der Waals surface area contributed by atoms with E-state index in [9.17, 15) is 0 Å². The molecule has 2 saturated heterocycles. The molecular formula is C13H22N4. The van der Waals surface area contributed by atoms with Gasteiger partial charge in [-0.3, -0.25) is 9.58 Å². The number of hydrogen-bond acceptors (Lipinski definition) is 3. The van der Waals surface area contributed by atoms with Crippen LogP contribution < -0.4 is 5.32 Å². The minimum Gasteiger partial charge on any atom is -0.312 e. The molecule has 1 aromatic rings. The zero-order chi connectivity index (χ0) is 11.7. The molecule has 0 radical (unpaired) electrons. The van der Waals surface area contributed by atoms with Gasteiger partial charge in [-0.1, -0.05) is 0 Å². The highest BCUT2D eigenvalue weighted by Crippen LogP contribution is 2.27. The molecule has 0 spiro atoms. The van der Waals surface area contributed by atoms with Gasteiger partial charge in [0.2, 0.25) is 0 Å². The van der Waals surface area contributed by atoms with Gasteiger partial charge in [0.1, 0.15) is 0 Å². The lowest BCUT2D eigenvalue weighted by atomic mass is 10.1. The highest BCUT2D eigenvalue weighted by molar-refractivity contribution is 5.01. The molecule has 94 valence electrons. The van der Waals surface area contributed by atoms with Gasteiger partial charge in [-0.2, -0.15) is 5.10 Å². The van der Waals surface area contributed by atoms with Crippen molar-refractivity contribution in [3.63, 3.8) is 0 Å². The molecule has 1 N–H and O–H groups in total. The quantitative estimate of drug-likeness (QED) is 0.836. The molecule has 17 heavy (non-hydrogen) atoms. The highest BCUT2D eigenvalue weighted by atomic mass is 15.3. The number of aromatic nitrogens is 2. The van der Waals surface area contributed by atoms with Crippen molar-refractivity contribution in [3.8, 4) is 0 Å². The fourth-order valence-corrected chi connectivity index (χ4v) is 3.35. The van der Waals surface area contributed by atoms with Crippen molar-refractivity contribution >= 4 is 0 Å². The van der Waals surface area contributed by atoms with Crippen LogP contribution in [0.3, 0.4) is 0 Å². The van der Waals surface area contributed by atoms with E-state index in [4.69, 9.17) is 0 Å². The summed E-state index contributed by atoms with van der Waals surface area (Å²) in [6.45, 7) is 3.70. The SMILES string of the molecule is Cn1nccc1CCNC1CCN2CCCC12. The summed E-state index contributed by atoms with van der Waals surface area (Å²) < 4.78 is 1.97. The van der Waals surface area contributed by atoms with Crippen molar-refractivity contribution in [1.82, 2.24) is 20.0 Å². The number of hydrogen-bond donors (Lipinski definition) is 1. The minimum atomic E-state index is 0.728. The van der Waals surface area contributed by atoms with Crippen molar-refractivity contribution in [3.05, 3.63) is 18.0 Å². The molecule has 0 aromatic carbocycles. The molecule has 0 amide bonds. The zero-order valence-corrected chi connectivity index (χ0v) is 10.6. The van der Waals surface area contributed by atoms with Gasteiger partial charge in [-0.25, -0.2) is 0 Å². The van der Waals surface area contributed by atoms with E-state index in [1.54, 1.807) is 0 Å². The summed E-state index contributed by atoms with van der Waals surface area (Å²) in [6, 6.07) is 3.66. The Labute approximate surface area is 103 Å². The van der Waals surface area contributed by atoms with Crippen LogP contribution in [-0.4, -0.2) is 46.4 Å². The van der Waals surface area contributed by atoms with Gasteiger partial charge in [-0.05, 0) is 31.9 Å². The standard InChI is InChI=1S/C13H22N4/c1-16-11(5-8-15-16)4-7-14-12-6-10-17-9-2-3-13(12)17/h5,8,12-14H,2-4,6-7,9-10H2,1H3. The van der Waals surface area contributed by atoms with E-state index in [1.807, 2.05) is 17.9 Å². The van der Waals surface area contributed by atoms with Crippen LogP contribution in [0.1, 0.15) is 25.0 Å². The Balaban J connectivity index is 1.47. The van der Waals surface area contributed by atoms with Crippen molar-refractivity contribution in [1.29, 1.82) is 0 Å². The van der Waals surface area contributed by atoms with Gasteiger partial charge in [0, 0.05) is 50.5 Å². The summed E-state index contributed by atoms with van der Waals surface area (Å²) in [7, 11) is 2.02. The maximum atomic E-state index is 4.20. The molecule has 1 aromatic heterocycles. The van der Waals surface area contributed by atoms with E-state index >= 15 is 0 Å². The van der Waals surface area contributed by atoms with E-state index in [1.165, 1.54) is 38.0 Å². The number of rotatable bonds is 4. The van der Waals surface area contributed by atoms with Crippen LogP contribution in [0.15, 0.2) is 12.3 Å². The van der Waals surface area contributed by atoms with E-state index in [0.717, 1.165) is 25.0 Å². The van der Waals surface area contributed by atoms with Crippen molar-refractivity contribution < 1.29 is 0 Å². The Morgan fingerprint density at radius 1 is 1.41 bits per heavy atom. The van der Waals surface area contributed by atoms with Crippen LogP contribution in [0.4, 0.5) is 0 Å². The zero-order valence-electron chi connectivity index (χ0n) is 10.6. The first kappa shape index (κ1) is 11.2. The summed E-state index contributed by atoms with van der Waals surface area (Å²) in [4.78, 5) is 2.65. The summed E-state index contributed by atoms with van der Waals surface area (Å²) in [5.41, 5.74) is 1.32. The summed E-state index contributed by atoms with van der Waals surface area (Å²) in [5.74, 6) is 0. The molecule has 2 aliphatic heterocycles. The number of nitrogens with zero attached hydrogens (tertiary/aromatic N) is 3. The lowest BCUT2D eigenvalue weighted by molar-refractivity contribution is 0.299. The maximum Gasteiger partial charge on any atom is 0.0492 e. The molecule has 2 atom stereocenters. The van der Waals surface area contributed by atoms with Crippen LogP contribution >= 0.6 is 0 Å². The summed E-state index contributed by atoms with van der Waals surface area (Å²) in [6.07, 6.45) is 7.08. The minimum absolute atomic E-state index is 0.728. The molecule has 4 heteroatoms. The monoisotopic (exact) mass is 234 g/mol. The van der Waals surface area contributed by atoms with Crippen molar-refractivity contribution in [2.45, 2.75) is 37.8 Å². The molecule has 2 unspecified atom stereocenters. The van der Waals surface area contributed by atoms with Crippen LogP contribution in [0, 0.1) is 0 Å². The average molecular weight is 234 g/mol. The predicted molar refractivity (Wildman–Crippen MR) is 67.9 cm³/mol. The lowest BCUT2D eigenvalue weighted by Gasteiger charge is -2.21. The molecule has 0 bridgehead atoms. The summed E-state index contributed by atoms with van der Waals surface area (Å²) >= 11 is 0. The van der Waals surface area contributed by atoms with Gasteiger partial charge in [0.15, 0.2) is 0 Å². The third kappa shape index (κ3) is 2.24. The second kappa shape index (κ2) is 4.78. The van der Waals surface area contributed by atoms with E-state index in [0.29, 0.717) is 0 Å². The molecule has 2 fully saturated rings. The second-order valence-electron chi connectivity index (χ2n) is 5.29. The van der Waals surface area contributed by atoms with Crippen LogP contribution in [0.5, 0.6) is 0 Å². The highest BCUT2D eigenvalue weighted by Gasteiger charge is 2.36. The van der Waals surface area contributed by atoms with Gasteiger partial charge in [-0.15, -0.1) is 0 Å². The molecular weight excluding hydrogens is 212 g/mol. The van der Waals surface area contributed by atoms with Crippen LogP contribution in [-0.2, 0) is 13.5 Å². The molecule has 4 nitrogen and oxygen atoms in total. The predicted octanol–water partition coefficient (Wildman–Crippen LogP) is 0.789. The molecule has 0 saturated carbocycles.